The van der Waals surface area contributed by atoms with Crippen LogP contribution >= 0.6 is 0 Å². The second kappa shape index (κ2) is 5.26. The van der Waals surface area contributed by atoms with Crippen LogP contribution in [0.4, 0.5) is 0 Å². The molecule has 2 aromatic rings. The molecule has 22 heavy (non-hydrogen) atoms. The molecular weight excluding hydrogens is 264 g/mol. The molecule has 1 aliphatic rings. The first kappa shape index (κ1) is 15.3. The molecule has 0 aliphatic heterocycles. The maximum absolute atomic E-state index is 3.20. The first-order valence-electron chi connectivity index (χ1n) is 8.42. The Morgan fingerprint density at radius 2 is 1.59 bits per heavy atom. The second-order valence-corrected chi connectivity index (χ2v) is 8.13. The molecule has 0 saturated carbocycles. The maximum Gasteiger partial charge on any atom is 0.00613 e. The molecule has 0 nitrogen and oxygen atoms in total. The number of rotatable bonds is 2. The first-order valence-corrected chi connectivity index (χ1v) is 8.42. The van der Waals surface area contributed by atoms with Gasteiger partial charge in [0, 0.05) is 5.92 Å². The van der Waals surface area contributed by atoms with Crippen molar-refractivity contribution in [1.29, 1.82) is 0 Å². The van der Waals surface area contributed by atoms with E-state index in [0.717, 1.165) is 0 Å². The van der Waals surface area contributed by atoms with Crippen LogP contribution in [-0.4, -0.2) is 0 Å². The van der Waals surface area contributed by atoms with Gasteiger partial charge in [-0.2, -0.15) is 0 Å². The van der Waals surface area contributed by atoms with Gasteiger partial charge < -0.3 is 0 Å². The van der Waals surface area contributed by atoms with Gasteiger partial charge in [0.25, 0.3) is 0 Å². The molecule has 0 aromatic heterocycles. The van der Waals surface area contributed by atoms with Crippen molar-refractivity contribution in [2.75, 3.05) is 0 Å². The summed E-state index contributed by atoms with van der Waals surface area (Å²) in [5, 5.41) is 0. The van der Waals surface area contributed by atoms with Crippen LogP contribution in [0.25, 0.3) is 0 Å². The quantitative estimate of drug-likeness (QED) is 0.637. The minimum Gasteiger partial charge on any atom is -0.0614 e. The van der Waals surface area contributed by atoms with Crippen LogP contribution in [0, 0.1) is 6.07 Å². The molecule has 0 amide bonds. The molecule has 0 spiro atoms. The molecule has 2 aromatic carbocycles. The van der Waals surface area contributed by atoms with Gasteiger partial charge in [-0.05, 0) is 52.0 Å². The zero-order chi connectivity index (χ0) is 16.0. The van der Waals surface area contributed by atoms with E-state index in [2.05, 4.69) is 77.1 Å². The lowest BCUT2D eigenvalue weighted by Gasteiger charge is -2.42. The van der Waals surface area contributed by atoms with Crippen LogP contribution < -0.4 is 0 Å². The molecular formula is C22H27. The molecule has 3 rings (SSSR count). The third kappa shape index (κ3) is 2.60. The Labute approximate surface area is 135 Å². The Bertz CT molecular complexity index is 662. The average Bonchev–Trinajstić information content (AvgIpc) is 2.52. The minimum atomic E-state index is 0.281. The maximum atomic E-state index is 3.20. The smallest absolute Gasteiger partial charge is 0.00613 e. The van der Waals surface area contributed by atoms with Crippen molar-refractivity contribution in [3.63, 3.8) is 0 Å². The first-order chi connectivity index (χ1) is 10.3. The Balaban J connectivity index is 2.07. The summed E-state index contributed by atoms with van der Waals surface area (Å²) < 4.78 is 0. The summed E-state index contributed by atoms with van der Waals surface area (Å²) in [6.07, 6.45) is 2.54. The molecule has 0 heteroatoms. The van der Waals surface area contributed by atoms with Gasteiger partial charge in [-0.3, -0.25) is 0 Å². The summed E-state index contributed by atoms with van der Waals surface area (Å²) in [5.74, 6) is 0.420. The number of benzene rings is 2. The zero-order valence-corrected chi connectivity index (χ0v) is 14.5. The van der Waals surface area contributed by atoms with Crippen molar-refractivity contribution >= 4 is 0 Å². The molecule has 0 heterocycles. The molecule has 0 bridgehead atoms. The molecule has 1 radical (unpaired) electrons. The van der Waals surface area contributed by atoms with E-state index in [9.17, 15) is 0 Å². The van der Waals surface area contributed by atoms with Gasteiger partial charge >= 0.3 is 0 Å². The summed E-state index contributed by atoms with van der Waals surface area (Å²) in [6, 6.07) is 18.7. The fraction of sp³-hybridized carbons (Fsp3) is 0.455. The van der Waals surface area contributed by atoms with Gasteiger partial charge in [-0.1, -0.05) is 77.1 Å². The normalized spacial score (nSPS) is 20.2. The number of hydrogen-bond acceptors (Lipinski definition) is 0. The largest absolute Gasteiger partial charge is 0.0614 e. The molecule has 0 N–H and O–H groups in total. The van der Waals surface area contributed by atoms with E-state index in [0.29, 0.717) is 11.3 Å². The van der Waals surface area contributed by atoms with E-state index >= 15 is 0 Å². The monoisotopic (exact) mass is 291 g/mol. The van der Waals surface area contributed by atoms with E-state index in [1.54, 1.807) is 11.1 Å². The van der Waals surface area contributed by atoms with Crippen LogP contribution in [0.15, 0.2) is 42.5 Å². The molecule has 0 saturated heterocycles. The van der Waals surface area contributed by atoms with E-state index in [4.69, 9.17) is 0 Å². The van der Waals surface area contributed by atoms with Crippen molar-refractivity contribution in [2.45, 2.75) is 64.2 Å². The van der Waals surface area contributed by atoms with E-state index in [1.807, 2.05) is 6.07 Å². The lowest BCUT2D eigenvalue weighted by atomic mass is 9.62. The van der Waals surface area contributed by atoms with Crippen LogP contribution in [-0.2, 0) is 10.8 Å². The summed E-state index contributed by atoms with van der Waals surface area (Å²) in [4.78, 5) is 0. The Hall–Kier alpha value is -1.56. The van der Waals surface area contributed by atoms with E-state index in [1.165, 1.54) is 24.0 Å². The standard InChI is InChI=1S/C22H27/c1-16(17-9-7-6-8-10-17)18-11-12-19-20(15-18)22(4,5)14-13-21(19,2)3/h6-7,9-12,15-16H,13-14H2,1-5H3. The zero-order valence-electron chi connectivity index (χ0n) is 14.5. The fourth-order valence-electron chi connectivity index (χ4n) is 3.74. The molecule has 1 atom stereocenters. The molecule has 1 aliphatic carbocycles. The Morgan fingerprint density at radius 3 is 2.23 bits per heavy atom. The highest BCUT2D eigenvalue weighted by Crippen LogP contribution is 2.46. The van der Waals surface area contributed by atoms with Gasteiger partial charge in [0.1, 0.15) is 0 Å². The highest BCUT2D eigenvalue weighted by Gasteiger charge is 2.37. The van der Waals surface area contributed by atoms with E-state index < -0.39 is 0 Å². The highest BCUT2D eigenvalue weighted by molar-refractivity contribution is 5.46. The molecule has 0 fully saturated rings. The Morgan fingerprint density at radius 1 is 0.909 bits per heavy atom. The van der Waals surface area contributed by atoms with Crippen molar-refractivity contribution in [3.8, 4) is 0 Å². The second-order valence-electron chi connectivity index (χ2n) is 8.13. The molecule has 1 unspecified atom stereocenters. The Kier molecular flexibility index (Phi) is 3.67. The van der Waals surface area contributed by atoms with Crippen molar-refractivity contribution in [3.05, 3.63) is 70.8 Å². The van der Waals surface area contributed by atoms with Gasteiger partial charge in [0.05, 0.1) is 0 Å². The van der Waals surface area contributed by atoms with Crippen LogP contribution in [0.1, 0.15) is 75.6 Å². The topological polar surface area (TPSA) is 0 Å². The summed E-state index contributed by atoms with van der Waals surface area (Å²) >= 11 is 0. The third-order valence-electron chi connectivity index (χ3n) is 5.61. The average molecular weight is 291 g/mol. The lowest BCUT2D eigenvalue weighted by Crippen LogP contribution is -2.34. The molecule has 115 valence electrons. The van der Waals surface area contributed by atoms with Gasteiger partial charge in [0.2, 0.25) is 0 Å². The fourth-order valence-corrected chi connectivity index (χ4v) is 3.74. The summed E-state index contributed by atoms with van der Waals surface area (Å²) in [7, 11) is 0. The lowest BCUT2D eigenvalue weighted by molar-refractivity contribution is 0.331. The summed E-state index contributed by atoms with van der Waals surface area (Å²) in [5.41, 5.74) is 6.43. The predicted octanol–water partition coefficient (Wildman–Crippen LogP) is 5.99. The van der Waals surface area contributed by atoms with Crippen molar-refractivity contribution in [2.24, 2.45) is 0 Å². The van der Waals surface area contributed by atoms with E-state index in [-0.39, 0.29) is 5.41 Å². The van der Waals surface area contributed by atoms with Gasteiger partial charge in [0.15, 0.2) is 0 Å². The number of hydrogen-bond donors (Lipinski definition) is 0. The van der Waals surface area contributed by atoms with Crippen molar-refractivity contribution < 1.29 is 0 Å². The van der Waals surface area contributed by atoms with Crippen LogP contribution in [0.3, 0.4) is 0 Å². The van der Waals surface area contributed by atoms with Gasteiger partial charge in [-0.15, -0.1) is 0 Å². The summed E-state index contributed by atoms with van der Waals surface area (Å²) in [6.45, 7) is 11.9. The van der Waals surface area contributed by atoms with Crippen LogP contribution in [0.2, 0.25) is 0 Å². The van der Waals surface area contributed by atoms with Crippen molar-refractivity contribution in [1.82, 2.24) is 0 Å². The number of fused-ring (bicyclic) bond motifs is 1. The SMILES string of the molecule is CC(c1c[c]ccc1)c1ccc2c(c1)C(C)(C)CCC2(C)C. The van der Waals surface area contributed by atoms with Gasteiger partial charge in [-0.25, -0.2) is 0 Å². The highest BCUT2D eigenvalue weighted by atomic mass is 14.4. The minimum absolute atomic E-state index is 0.281. The predicted molar refractivity (Wildman–Crippen MR) is 94.5 cm³/mol. The van der Waals surface area contributed by atoms with Crippen LogP contribution in [0.5, 0.6) is 0 Å². The third-order valence-corrected chi connectivity index (χ3v) is 5.61.